The molecule has 0 bridgehead atoms. The summed E-state index contributed by atoms with van der Waals surface area (Å²) in [5.41, 5.74) is 2.97. The largest absolute Gasteiger partial charge is 0.493 e. The average molecular weight is 490 g/mol. The number of piperidine rings is 1. The van der Waals surface area contributed by atoms with Gasteiger partial charge in [0.2, 0.25) is 5.91 Å². The van der Waals surface area contributed by atoms with Crippen molar-refractivity contribution < 1.29 is 17.9 Å². The van der Waals surface area contributed by atoms with Crippen molar-refractivity contribution in [3.63, 3.8) is 0 Å². The molecule has 0 aliphatic carbocycles. The summed E-state index contributed by atoms with van der Waals surface area (Å²) in [6.45, 7) is 3.22. The summed E-state index contributed by atoms with van der Waals surface area (Å²) in [7, 11) is -3.57. The van der Waals surface area contributed by atoms with Gasteiger partial charge in [0.1, 0.15) is 9.96 Å². The van der Waals surface area contributed by atoms with Crippen LogP contribution in [-0.2, 0) is 21.2 Å². The average Bonchev–Trinajstić information content (AvgIpc) is 3.54. The Balaban J connectivity index is 1.26. The second-order valence-electron chi connectivity index (χ2n) is 8.02. The fourth-order valence-electron chi connectivity index (χ4n) is 4.07. The number of amides is 1. The maximum absolute atomic E-state index is 13.0. The fourth-order valence-corrected chi connectivity index (χ4v) is 7.75. The third-order valence-corrected chi connectivity index (χ3v) is 9.88. The molecule has 1 saturated heterocycles. The number of carbonyl (C=O) groups excluding carboxylic acids is 1. The van der Waals surface area contributed by atoms with Gasteiger partial charge in [-0.15, -0.1) is 22.7 Å². The first-order chi connectivity index (χ1) is 15.4. The van der Waals surface area contributed by atoms with E-state index in [9.17, 15) is 13.2 Å². The molecule has 32 heavy (non-hydrogen) atoms. The second-order valence-corrected chi connectivity index (χ2v) is 12.3. The first kappa shape index (κ1) is 21.6. The molecule has 10 heteroatoms. The lowest BCUT2D eigenvalue weighted by Gasteiger charge is -2.30. The molecule has 168 valence electrons. The lowest BCUT2D eigenvalue weighted by atomic mass is 9.99. The number of carbonyl (C=O) groups is 1. The summed E-state index contributed by atoms with van der Waals surface area (Å²) in [6.07, 6.45) is 2.20. The number of fused-ring (bicyclic) bond motifs is 1. The Labute approximate surface area is 195 Å². The van der Waals surface area contributed by atoms with Crippen molar-refractivity contribution in [2.75, 3.05) is 25.0 Å². The number of rotatable bonds is 5. The first-order valence-electron chi connectivity index (χ1n) is 10.5. The smallest absolute Gasteiger partial charge is 0.252 e. The van der Waals surface area contributed by atoms with Gasteiger partial charge in [0, 0.05) is 35.3 Å². The van der Waals surface area contributed by atoms with Crippen LogP contribution >= 0.6 is 22.7 Å². The van der Waals surface area contributed by atoms with Crippen LogP contribution in [0.5, 0.6) is 5.75 Å². The number of hydrogen-bond acceptors (Lipinski definition) is 7. The predicted molar refractivity (Wildman–Crippen MR) is 126 cm³/mol. The summed E-state index contributed by atoms with van der Waals surface area (Å²) in [6, 6.07) is 9.46. The van der Waals surface area contributed by atoms with Crippen LogP contribution in [0.15, 0.2) is 39.9 Å². The van der Waals surface area contributed by atoms with E-state index >= 15 is 0 Å². The van der Waals surface area contributed by atoms with Crippen LogP contribution in [0.1, 0.15) is 23.3 Å². The summed E-state index contributed by atoms with van der Waals surface area (Å²) in [5.74, 6) is 0.339. The summed E-state index contributed by atoms with van der Waals surface area (Å²) in [4.78, 5) is 18.4. The van der Waals surface area contributed by atoms with Crippen molar-refractivity contribution in [2.24, 2.45) is 5.92 Å². The van der Waals surface area contributed by atoms with Crippen LogP contribution < -0.4 is 10.1 Å². The number of nitrogens with one attached hydrogen (secondary N) is 1. The van der Waals surface area contributed by atoms with Crippen molar-refractivity contribution in [3.05, 3.63) is 46.2 Å². The zero-order valence-electron chi connectivity index (χ0n) is 17.5. The van der Waals surface area contributed by atoms with E-state index in [1.165, 1.54) is 32.5 Å². The highest BCUT2D eigenvalue weighted by atomic mass is 32.2. The Morgan fingerprint density at radius 1 is 1.28 bits per heavy atom. The molecular weight excluding hydrogens is 466 g/mol. The van der Waals surface area contributed by atoms with Gasteiger partial charge < -0.3 is 10.1 Å². The molecule has 1 unspecified atom stereocenters. The molecule has 1 N–H and O–H groups in total. The summed E-state index contributed by atoms with van der Waals surface area (Å²) >= 11 is 2.63. The number of thiazole rings is 1. The SMILES string of the molecule is Cc1ccc(S(=O)(=O)N2CCCC(C(=O)Nc3nc(-c4ccc5c(c4)CCO5)cs3)C2)s1. The number of anilines is 1. The van der Waals surface area contributed by atoms with Crippen molar-refractivity contribution in [3.8, 4) is 17.0 Å². The van der Waals surface area contributed by atoms with E-state index in [4.69, 9.17) is 4.74 Å². The van der Waals surface area contributed by atoms with E-state index < -0.39 is 15.9 Å². The number of ether oxygens (including phenoxy) is 1. The quantitative estimate of drug-likeness (QED) is 0.582. The molecule has 1 amide bonds. The van der Waals surface area contributed by atoms with E-state index in [2.05, 4.69) is 16.4 Å². The van der Waals surface area contributed by atoms with E-state index in [-0.39, 0.29) is 12.5 Å². The molecule has 7 nitrogen and oxygen atoms in total. The Bertz CT molecular complexity index is 1260. The molecule has 3 aromatic rings. The van der Waals surface area contributed by atoms with Crippen LogP contribution in [0.2, 0.25) is 0 Å². The van der Waals surface area contributed by atoms with Crippen molar-refractivity contribution in [2.45, 2.75) is 30.4 Å². The zero-order chi connectivity index (χ0) is 22.3. The highest BCUT2D eigenvalue weighted by Crippen LogP contribution is 2.33. The standard InChI is InChI=1S/C22H23N3O4S3/c1-14-4-7-20(31-14)32(27,28)25-9-2-3-17(12-25)21(26)24-22-23-18(13-30-22)15-5-6-19-16(11-15)8-10-29-19/h4-7,11,13,17H,2-3,8-10,12H2,1H3,(H,23,24,26). The highest BCUT2D eigenvalue weighted by Gasteiger charge is 2.34. The lowest BCUT2D eigenvalue weighted by Crippen LogP contribution is -2.43. The molecular formula is C22H23N3O4S3. The van der Waals surface area contributed by atoms with Crippen LogP contribution in [0.4, 0.5) is 5.13 Å². The summed E-state index contributed by atoms with van der Waals surface area (Å²) < 4.78 is 33.2. The van der Waals surface area contributed by atoms with Gasteiger partial charge in [0.25, 0.3) is 10.0 Å². The van der Waals surface area contributed by atoms with Crippen LogP contribution in [0, 0.1) is 12.8 Å². The Hall–Kier alpha value is -2.27. The Morgan fingerprint density at radius 2 is 2.16 bits per heavy atom. The molecule has 2 aliphatic heterocycles. The van der Waals surface area contributed by atoms with Crippen LogP contribution in [0.25, 0.3) is 11.3 Å². The molecule has 1 aromatic carbocycles. The van der Waals surface area contributed by atoms with Crippen molar-refractivity contribution in [1.82, 2.24) is 9.29 Å². The number of nitrogens with zero attached hydrogens (tertiary/aromatic N) is 2. The number of aryl methyl sites for hydroxylation is 1. The number of thiophene rings is 1. The molecule has 0 spiro atoms. The normalized spacial score (nSPS) is 18.8. The van der Waals surface area contributed by atoms with Gasteiger partial charge in [0.05, 0.1) is 18.2 Å². The van der Waals surface area contributed by atoms with Gasteiger partial charge in [-0.3, -0.25) is 4.79 Å². The molecule has 1 fully saturated rings. The maximum Gasteiger partial charge on any atom is 0.252 e. The van der Waals surface area contributed by atoms with Gasteiger partial charge in [-0.2, -0.15) is 4.31 Å². The topological polar surface area (TPSA) is 88.6 Å². The second kappa shape index (κ2) is 8.58. The molecule has 2 aliphatic rings. The number of benzene rings is 1. The predicted octanol–water partition coefficient (Wildman–Crippen LogP) is 4.15. The molecule has 5 rings (SSSR count). The van der Waals surface area contributed by atoms with Gasteiger partial charge >= 0.3 is 0 Å². The molecule has 1 atom stereocenters. The van der Waals surface area contributed by atoms with E-state index in [0.29, 0.717) is 35.3 Å². The lowest BCUT2D eigenvalue weighted by molar-refractivity contribution is -0.120. The highest BCUT2D eigenvalue weighted by molar-refractivity contribution is 7.91. The number of hydrogen-bond donors (Lipinski definition) is 1. The maximum atomic E-state index is 13.0. The van der Waals surface area contributed by atoms with E-state index in [0.717, 1.165) is 28.3 Å². The fraction of sp³-hybridized carbons (Fsp3) is 0.364. The third kappa shape index (κ3) is 4.19. The minimum absolute atomic E-state index is 0.185. The van der Waals surface area contributed by atoms with Gasteiger partial charge in [-0.05, 0) is 55.7 Å². The van der Waals surface area contributed by atoms with Crippen LogP contribution in [0.3, 0.4) is 0 Å². The Morgan fingerprint density at radius 3 is 2.97 bits per heavy atom. The van der Waals surface area contributed by atoms with Crippen LogP contribution in [-0.4, -0.2) is 43.3 Å². The zero-order valence-corrected chi connectivity index (χ0v) is 20.0. The van der Waals surface area contributed by atoms with Gasteiger partial charge in [0.15, 0.2) is 5.13 Å². The minimum Gasteiger partial charge on any atom is -0.493 e. The van der Waals surface area contributed by atoms with Gasteiger partial charge in [-0.1, -0.05) is 0 Å². The molecule has 2 aromatic heterocycles. The van der Waals surface area contributed by atoms with E-state index in [1.54, 1.807) is 12.1 Å². The minimum atomic E-state index is -3.57. The van der Waals surface area contributed by atoms with Crippen molar-refractivity contribution >= 4 is 43.7 Å². The molecule has 0 saturated carbocycles. The molecule has 0 radical (unpaired) electrons. The number of sulfonamides is 1. The first-order valence-corrected chi connectivity index (χ1v) is 13.6. The van der Waals surface area contributed by atoms with Gasteiger partial charge in [-0.25, -0.2) is 13.4 Å². The molecule has 4 heterocycles. The van der Waals surface area contributed by atoms with E-state index in [1.807, 2.05) is 24.4 Å². The Kier molecular flexibility index (Phi) is 5.79. The monoisotopic (exact) mass is 489 g/mol. The summed E-state index contributed by atoms with van der Waals surface area (Å²) in [5, 5.41) is 5.34. The van der Waals surface area contributed by atoms with Crippen molar-refractivity contribution in [1.29, 1.82) is 0 Å². The third-order valence-electron chi connectivity index (χ3n) is 5.78. The number of aromatic nitrogens is 1.